The van der Waals surface area contributed by atoms with Gasteiger partial charge < -0.3 is 15.5 Å². The van der Waals surface area contributed by atoms with Gasteiger partial charge in [0.1, 0.15) is 0 Å². The van der Waals surface area contributed by atoms with Gasteiger partial charge in [-0.25, -0.2) is 0 Å². The highest BCUT2D eigenvalue weighted by atomic mass is 16.2. The molecule has 2 N–H and O–H groups in total. The number of likely N-dealkylation sites (N-methyl/N-ethyl adjacent to an activating group) is 1. The van der Waals surface area contributed by atoms with Crippen molar-refractivity contribution >= 4 is 5.91 Å². The zero-order valence-electron chi connectivity index (χ0n) is 11.6. The van der Waals surface area contributed by atoms with Crippen LogP contribution in [0.1, 0.15) is 33.1 Å². The highest BCUT2D eigenvalue weighted by Gasteiger charge is 2.33. The molecule has 0 radical (unpaired) electrons. The summed E-state index contributed by atoms with van der Waals surface area (Å²) < 4.78 is 0. The van der Waals surface area contributed by atoms with E-state index in [0.717, 1.165) is 32.4 Å². The number of likely N-dealkylation sites (tertiary alicyclic amines) is 1. The number of amides is 1. The monoisotopic (exact) mass is 241 g/mol. The Hall–Kier alpha value is -0.610. The molecular formula is C13H27N3O. The van der Waals surface area contributed by atoms with E-state index in [4.69, 9.17) is 5.73 Å². The second-order valence-corrected chi connectivity index (χ2v) is 5.50. The Balaban J connectivity index is 2.61. The number of hydrogen-bond acceptors (Lipinski definition) is 3. The van der Waals surface area contributed by atoms with E-state index in [-0.39, 0.29) is 17.9 Å². The van der Waals surface area contributed by atoms with Crippen LogP contribution in [0.5, 0.6) is 0 Å². The van der Waals surface area contributed by atoms with Gasteiger partial charge in [-0.05, 0) is 32.9 Å². The third kappa shape index (κ3) is 3.68. The SMILES string of the molecule is CC[C@H](C)[C@H](N)C(=O)N1CCCC1CN(C)C. The lowest BCUT2D eigenvalue weighted by molar-refractivity contribution is -0.134. The summed E-state index contributed by atoms with van der Waals surface area (Å²) in [5, 5.41) is 0. The first kappa shape index (κ1) is 14.5. The fraction of sp³-hybridized carbons (Fsp3) is 0.923. The van der Waals surface area contributed by atoms with E-state index in [1.807, 2.05) is 4.90 Å². The Labute approximate surface area is 105 Å². The van der Waals surface area contributed by atoms with E-state index < -0.39 is 0 Å². The minimum atomic E-state index is -0.331. The first-order chi connectivity index (χ1) is 7.97. The van der Waals surface area contributed by atoms with Crippen LogP contribution in [0.25, 0.3) is 0 Å². The standard InChI is InChI=1S/C13H27N3O/c1-5-10(2)12(14)13(17)16-8-6-7-11(16)9-15(3)4/h10-12H,5-9,14H2,1-4H3/t10-,11?,12-/m0/s1. The maximum Gasteiger partial charge on any atom is 0.240 e. The molecule has 1 aliphatic heterocycles. The molecule has 1 heterocycles. The summed E-state index contributed by atoms with van der Waals surface area (Å²) in [4.78, 5) is 16.5. The summed E-state index contributed by atoms with van der Waals surface area (Å²) in [6.45, 7) is 5.96. The molecule has 0 aromatic heterocycles. The topological polar surface area (TPSA) is 49.6 Å². The van der Waals surface area contributed by atoms with Crippen LogP contribution >= 0.6 is 0 Å². The van der Waals surface area contributed by atoms with Crippen LogP contribution in [-0.2, 0) is 4.79 Å². The van der Waals surface area contributed by atoms with Crippen LogP contribution < -0.4 is 5.73 Å². The Kier molecular flexibility index (Phi) is 5.40. The molecule has 3 atom stereocenters. The van der Waals surface area contributed by atoms with Crippen LogP contribution in [0.3, 0.4) is 0 Å². The van der Waals surface area contributed by atoms with Gasteiger partial charge in [0.25, 0.3) is 0 Å². The van der Waals surface area contributed by atoms with Crippen molar-refractivity contribution in [1.82, 2.24) is 9.80 Å². The molecule has 4 nitrogen and oxygen atoms in total. The van der Waals surface area contributed by atoms with Crippen LogP contribution in [-0.4, -0.2) is 55.0 Å². The van der Waals surface area contributed by atoms with Crippen LogP contribution in [0.4, 0.5) is 0 Å². The molecule has 1 unspecified atom stereocenters. The van der Waals surface area contributed by atoms with Gasteiger partial charge in [-0.3, -0.25) is 4.79 Å². The van der Waals surface area contributed by atoms with Gasteiger partial charge in [0.15, 0.2) is 0 Å². The second kappa shape index (κ2) is 6.36. The average molecular weight is 241 g/mol. The number of hydrogen-bond donors (Lipinski definition) is 1. The third-order valence-electron chi connectivity index (χ3n) is 3.78. The van der Waals surface area contributed by atoms with Crippen LogP contribution in [0.15, 0.2) is 0 Å². The van der Waals surface area contributed by atoms with E-state index in [1.165, 1.54) is 0 Å². The van der Waals surface area contributed by atoms with Crippen molar-refractivity contribution < 1.29 is 4.79 Å². The molecule has 0 saturated carbocycles. The predicted octanol–water partition coefficient (Wildman–Crippen LogP) is 0.912. The minimum Gasteiger partial charge on any atom is -0.337 e. The van der Waals surface area contributed by atoms with Crippen molar-refractivity contribution in [2.24, 2.45) is 11.7 Å². The molecule has 0 aromatic rings. The smallest absolute Gasteiger partial charge is 0.240 e. The molecule has 0 spiro atoms. The van der Waals surface area contributed by atoms with Crippen molar-refractivity contribution in [2.75, 3.05) is 27.2 Å². The first-order valence-electron chi connectivity index (χ1n) is 6.68. The molecular weight excluding hydrogens is 214 g/mol. The summed E-state index contributed by atoms with van der Waals surface area (Å²) in [5.41, 5.74) is 6.04. The van der Waals surface area contributed by atoms with Crippen molar-refractivity contribution in [3.05, 3.63) is 0 Å². The van der Waals surface area contributed by atoms with E-state index in [2.05, 4.69) is 32.8 Å². The fourth-order valence-electron chi connectivity index (χ4n) is 2.43. The summed E-state index contributed by atoms with van der Waals surface area (Å²) in [5.74, 6) is 0.409. The lowest BCUT2D eigenvalue weighted by Crippen LogP contribution is -2.50. The molecule has 1 saturated heterocycles. The van der Waals surface area contributed by atoms with E-state index in [9.17, 15) is 4.79 Å². The quantitative estimate of drug-likeness (QED) is 0.778. The minimum absolute atomic E-state index is 0.142. The van der Waals surface area contributed by atoms with Gasteiger partial charge in [-0.1, -0.05) is 20.3 Å². The lowest BCUT2D eigenvalue weighted by atomic mass is 9.98. The summed E-state index contributed by atoms with van der Waals surface area (Å²) in [7, 11) is 4.10. The molecule has 4 heteroatoms. The summed E-state index contributed by atoms with van der Waals surface area (Å²) in [6, 6.07) is 0.0235. The number of nitrogens with zero attached hydrogens (tertiary/aromatic N) is 2. The maximum atomic E-state index is 12.3. The number of carbonyl (C=O) groups is 1. The molecule has 1 amide bonds. The Morgan fingerprint density at radius 2 is 2.18 bits per heavy atom. The zero-order valence-corrected chi connectivity index (χ0v) is 11.6. The maximum absolute atomic E-state index is 12.3. The van der Waals surface area contributed by atoms with Gasteiger partial charge in [0.05, 0.1) is 6.04 Å². The van der Waals surface area contributed by atoms with Gasteiger partial charge >= 0.3 is 0 Å². The number of carbonyl (C=O) groups excluding carboxylic acids is 1. The zero-order chi connectivity index (χ0) is 13.0. The van der Waals surface area contributed by atoms with Crippen molar-refractivity contribution in [1.29, 1.82) is 0 Å². The molecule has 1 rings (SSSR count). The van der Waals surface area contributed by atoms with E-state index >= 15 is 0 Å². The molecule has 100 valence electrons. The summed E-state index contributed by atoms with van der Waals surface area (Å²) >= 11 is 0. The normalized spacial score (nSPS) is 24.1. The van der Waals surface area contributed by atoms with E-state index in [1.54, 1.807) is 0 Å². The molecule has 0 bridgehead atoms. The largest absolute Gasteiger partial charge is 0.337 e. The Morgan fingerprint density at radius 1 is 1.53 bits per heavy atom. The second-order valence-electron chi connectivity index (χ2n) is 5.50. The van der Waals surface area contributed by atoms with Crippen molar-refractivity contribution in [3.8, 4) is 0 Å². The third-order valence-corrected chi connectivity index (χ3v) is 3.78. The Bertz CT molecular complexity index is 255. The van der Waals surface area contributed by atoms with Gasteiger partial charge in [0.2, 0.25) is 5.91 Å². The highest BCUT2D eigenvalue weighted by Crippen LogP contribution is 2.20. The van der Waals surface area contributed by atoms with E-state index in [0.29, 0.717) is 6.04 Å². The van der Waals surface area contributed by atoms with Crippen molar-refractivity contribution in [2.45, 2.75) is 45.2 Å². The molecule has 0 aliphatic carbocycles. The molecule has 1 aliphatic rings. The van der Waals surface area contributed by atoms with Crippen LogP contribution in [0, 0.1) is 5.92 Å². The lowest BCUT2D eigenvalue weighted by Gasteiger charge is -2.31. The van der Waals surface area contributed by atoms with Crippen LogP contribution in [0.2, 0.25) is 0 Å². The molecule has 1 fully saturated rings. The number of nitrogens with two attached hydrogens (primary N) is 1. The van der Waals surface area contributed by atoms with Gasteiger partial charge in [-0.2, -0.15) is 0 Å². The van der Waals surface area contributed by atoms with Gasteiger partial charge in [0, 0.05) is 19.1 Å². The predicted molar refractivity (Wildman–Crippen MR) is 70.7 cm³/mol. The first-order valence-corrected chi connectivity index (χ1v) is 6.68. The average Bonchev–Trinajstić information content (AvgIpc) is 2.73. The van der Waals surface area contributed by atoms with Gasteiger partial charge in [-0.15, -0.1) is 0 Å². The summed E-state index contributed by atoms with van der Waals surface area (Å²) in [6.07, 6.45) is 3.17. The highest BCUT2D eigenvalue weighted by molar-refractivity contribution is 5.82. The number of rotatable bonds is 5. The van der Waals surface area contributed by atoms with Crippen molar-refractivity contribution in [3.63, 3.8) is 0 Å². The fourth-order valence-corrected chi connectivity index (χ4v) is 2.43. The molecule has 0 aromatic carbocycles. The molecule has 17 heavy (non-hydrogen) atoms. The Morgan fingerprint density at radius 3 is 2.71 bits per heavy atom.